The molecule has 3 rings (SSSR count). The van der Waals surface area contributed by atoms with Crippen molar-refractivity contribution in [1.82, 2.24) is 4.98 Å². The first-order valence-corrected chi connectivity index (χ1v) is 7.19. The highest BCUT2D eigenvalue weighted by Crippen LogP contribution is 2.37. The minimum atomic E-state index is -0.721. The van der Waals surface area contributed by atoms with Gasteiger partial charge in [-0.25, -0.2) is 14.7 Å². The predicted molar refractivity (Wildman–Crippen MR) is 84.5 cm³/mol. The van der Waals surface area contributed by atoms with Crippen LogP contribution in [0.3, 0.4) is 0 Å². The number of carbonyl (C=O) groups excluding carboxylic acids is 1. The number of anilines is 2. The Bertz CT molecular complexity index is 834. The Hall–Kier alpha value is -2.31. The number of primary amides is 1. The third kappa shape index (κ3) is 2.51. The van der Waals surface area contributed by atoms with E-state index in [-0.39, 0.29) is 11.4 Å². The van der Waals surface area contributed by atoms with E-state index in [2.05, 4.69) is 4.98 Å². The number of phenols is 1. The van der Waals surface area contributed by atoms with Crippen molar-refractivity contribution in [2.24, 2.45) is 5.73 Å². The molecular weight excluding hydrogens is 310 g/mol. The van der Waals surface area contributed by atoms with Crippen molar-refractivity contribution in [3.8, 4) is 5.75 Å². The first kappa shape index (κ1) is 13.7. The van der Waals surface area contributed by atoms with Crippen molar-refractivity contribution in [1.29, 1.82) is 0 Å². The Balaban J connectivity index is 2.16. The highest BCUT2D eigenvalue weighted by molar-refractivity contribution is 7.22. The van der Waals surface area contributed by atoms with Crippen molar-refractivity contribution in [2.75, 3.05) is 4.90 Å². The zero-order valence-electron chi connectivity index (χ0n) is 10.7. The summed E-state index contributed by atoms with van der Waals surface area (Å²) < 4.78 is 0.833. The first-order valence-electron chi connectivity index (χ1n) is 6.00. The third-order valence-electron chi connectivity index (χ3n) is 2.87. The number of aromatic hydroxyl groups is 1. The fourth-order valence-electron chi connectivity index (χ4n) is 1.95. The van der Waals surface area contributed by atoms with Gasteiger partial charge >= 0.3 is 6.03 Å². The highest BCUT2D eigenvalue weighted by Gasteiger charge is 2.21. The van der Waals surface area contributed by atoms with Crippen molar-refractivity contribution in [3.63, 3.8) is 0 Å². The molecule has 0 aliphatic heterocycles. The first-order chi connectivity index (χ1) is 10.1. The van der Waals surface area contributed by atoms with Gasteiger partial charge in [0.2, 0.25) is 0 Å². The van der Waals surface area contributed by atoms with Crippen molar-refractivity contribution < 1.29 is 9.90 Å². The highest BCUT2D eigenvalue weighted by atomic mass is 35.5. The largest absolute Gasteiger partial charge is 0.506 e. The lowest BCUT2D eigenvalue weighted by Gasteiger charge is -2.18. The Kier molecular flexibility index (Phi) is 3.40. The Morgan fingerprint density at radius 3 is 2.76 bits per heavy atom. The fraction of sp³-hybridized carbons (Fsp3) is 0. The number of rotatable bonds is 2. The van der Waals surface area contributed by atoms with Gasteiger partial charge in [-0.1, -0.05) is 35.1 Å². The number of nitrogens with two attached hydrogens (primary N) is 1. The standard InChI is InChI=1S/C14H10ClN3O2S/c15-8-5-6-9-12(7-8)21-14(17-9)18(13(16)20)10-3-1-2-4-11(10)19/h1-7,19H,(H2,16,20). The minimum absolute atomic E-state index is 0.0476. The quantitative estimate of drug-likeness (QED) is 0.752. The maximum Gasteiger partial charge on any atom is 0.325 e. The summed E-state index contributed by atoms with van der Waals surface area (Å²) in [4.78, 5) is 17.3. The molecule has 0 saturated heterocycles. The SMILES string of the molecule is NC(=O)N(c1nc2ccc(Cl)cc2s1)c1ccccc1O. The molecule has 0 spiro atoms. The summed E-state index contributed by atoms with van der Waals surface area (Å²) in [6.45, 7) is 0. The molecule has 0 fully saturated rings. The van der Waals surface area contributed by atoms with Crippen LogP contribution in [-0.2, 0) is 0 Å². The molecule has 0 unspecified atom stereocenters. The van der Waals surface area contributed by atoms with E-state index in [1.54, 1.807) is 36.4 Å². The molecule has 3 N–H and O–H groups in total. The summed E-state index contributed by atoms with van der Waals surface area (Å²) in [5.74, 6) is -0.0476. The van der Waals surface area contributed by atoms with Crippen LogP contribution in [0.5, 0.6) is 5.75 Å². The van der Waals surface area contributed by atoms with E-state index in [0.29, 0.717) is 15.7 Å². The summed E-state index contributed by atoms with van der Waals surface area (Å²) in [6, 6.07) is 11.0. The number of nitrogens with zero attached hydrogens (tertiary/aromatic N) is 2. The number of fused-ring (bicyclic) bond motifs is 1. The van der Waals surface area contributed by atoms with Gasteiger partial charge in [0.05, 0.1) is 15.9 Å². The predicted octanol–water partition coefficient (Wildman–Crippen LogP) is 3.87. The van der Waals surface area contributed by atoms with Crippen LogP contribution in [0.1, 0.15) is 0 Å². The zero-order valence-corrected chi connectivity index (χ0v) is 12.2. The molecule has 0 radical (unpaired) electrons. The number of halogens is 1. The van der Waals surface area contributed by atoms with E-state index in [4.69, 9.17) is 17.3 Å². The number of hydrogen-bond acceptors (Lipinski definition) is 4. The number of phenolic OH excluding ortho intramolecular Hbond substituents is 1. The molecule has 0 saturated carbocycles. The van der Waals surface area contributed by atoms with E-state index in [0.717, 1.165) is 4.70 Å². The second-order valence-corrected chi connectivity index (χ2v) is 5.72. The number of aromatic nitrogens is 1. The smallest absolute Gasteiger partial charge is 0.325 e. The molecular formula is C14H10ClN3O2S. The van der Waals surface area contributed by atoms with Gasteiger partial charge in [-0.3, -0.25) is 0 Å². The van der Waals surface area contributed by atoms with Crippen LogP contribution in [0.15, 0.2) is 42.5 Å². The van der Waals surface area contributed by atoms with Crippen molar-refractivity contribution >= 4 is 50.0 Å². The van der Waals surface area contributed by atoms with Gasteiger partial charge in [-0.2, -0.15) is 0 Å². The maximum atomic E-state index is 11.8. The van der Waals surface area contributed by atoms with Gasteiger partial charge in [-0.15, -0.1) is 0 Å². The van der Waals surface area contributed by atoms with Crippen LogP contribution in [0, 0.1) is 0 Å². The van der Waals surface area contributed by atoms with Crippen molar-refractivity contribution in [3.05, 3.63) is 47.5 Å². The van der Waals surface area contributed by atoms with Gasteiger partial charge in [0.1, 0.15) is 5.75 Å². The van der Waals surface area contributed by atoms with E-state index in [9.17, 15) is 9.90 Å². The fourth-order valence-corrected chi connectivity index (χ4v) is 3.21. The molecule has 1 aromatic heterocycles. The van der Waals surface area contributed by atoms with Gasteiger partial charge < -0.3 is 10.8 Å². The van der Waals surface area contributed by atoms with E-state index >= 15 is 0 Å². The topological polar surface area (TPSA) is 79.5 Å². The van der Waals surface area contributed by atoms with Crippen LogP contribution in [-0.4, -0.2) is 16.1 Å². The average molecular weight is 320 g/mol. The van der Waals surface area contributed by atoms with Crippen LogP contribution >= 0.6 is 22.9 Å². The van der Waals surface area contributed by atoms with Crippen LogP contribution in [0.25, 0.3) is 10.2 Å². The molecule has 0 bridgehead atoms. The Morgan fingerprint density at radius 1 is 1.29 bits per heavy atom. The number of amides is 2. The number of carbonyl (C=O) groups is 1. The van der Waals surface area contributed by atoms with Gasteiger partial charge in [-0.05, 0) is 30.3 Å². The number of thiazole rings is 1. The summed E-state index contributed by atoms with van der Waals surface area (Å²) in [5, 5.41) is 10.9. The number of para-hydroxylation sites is 2. The maximum absolute atomic E-state index is 11.8. The normalized spacial score (nSPS) is 10.7. The average Bonchev–Trinajstić information content (AvgIpc) is 2.83. The molecule has 106 valence electrons. The molecule has 0 atom stereocenters. The lowest BCUT2D eigenvalue weighted by atomic mass is 10.3. The third-order valence-corrected chi connectivity index (χ3v) is 4.11. The van der Waals surface area contributed by atoms with Gasteiger partial charge in [0.25, 0.3) is 0 Å². The zero-order chi connectivity index (χ0) is 15.0. The van der Waals surface area contributed by atoms with Crippen LogP contribution in [0.4, 0.5) is 15.6 Å². The summed E-state index contributed by atoms with van der Waals surface area (Å²) in [6.07, 6.45) is 0. The summed E-state index contributed by atoms with van der Waals surface area (Å²) in [5.41, 5.74) is 6.43. The molecule has 0 aliphatic carbocycles. The molecule has 5 nitrogen and oxygen atoms in total. The Morgan fingerprint density at radius 2 is 2.05 bits per heavy atom. The lowest BCUT2D eigenvalue weighted by Crippen LogP contribution is -2.31. The van der Waals surface area contributed by atoms with E-state index in [1.165, 1.54) is 22.3 Å². The van der Waals surface area contributed by atoms with E-state index < -0.39 is 6.03 Å². The minimum Gasteiger partial charge on any atom is -0.506 e. The molecule has 1 heterocycles. The van der Waals surface area contributed by atoms with Crippen LogP contribution < -0.4 is 10.6 Å². The van der Waals surface area contributed by atoms with Gasteiger partial charge in [0.15, 0.2) is 5.13 Å². The monoisotopic (exact) mass is 319 g/mol. The van der Waals surface area contributed by atoms with Crippen LogP contribution in [0.2, 0.25) is 5.02 Å². The number of benzene rings is 2. The summed E-state index contributed by atoms with van der Waals surface area (Å²) >= 11 is 7.22. The Labute approximate surface area is 129 Å². The summed E-state index contributed by atoms with van der Waals surface area (Å²) in [7, 11) is 0. The molecule has 2 aromatic carbocycles. The number of hydrogen-bond donors (Lipinski definition) is 2. The second kappa shape index (κ2) is 5.23. The lowest BCUT2D eigenvalue weighted by molar-refractivity contribution is 0.256. The molecule has 3 aromatic rings. The van der Waals surface area contributed by atoms with Gasteiger partial charge in [0, 0.05) is 5.02 Å². The van der Waals surface area contributed by atoms with E-state index in [1.807, 2.05) is 0 Å². The second-order valence-electron chi connectivity index (χ2n) is 4.27. The molecule has 21 heavy (non-hydrogen) atoms. The van der Waals surface area contributed by atoms with Crippen molar-refractivity contribution in [2.45, 2.75) is 0 Å². The number of urea groups is 1. The molecule has 0 aliphatic rings. The molecule has 7 heteroatoms. The molecule has 2 amide bonds.